The Balaban J connectivity index is 0.764. The fourth-order valence-electron chi connectivity index (χ4n) is 14.8. The summed E-state index contributed by atoms with van der Waals surface area (Å²) in [6.07, 6.45) is -14.7. The van der Waals surface area contributed by atoms with Gasteiger partial charge in [0.25, 0.3) is 0 Å². The van der Waals surface area contributed by atoms with Gasteiger partial charge in [-0.2, -0.15) is 0 Å². The number of aliphatic hydroxyl groups excluding tert-OH is 8. The van der Waals surface area contributed by atoms with Crippen molar-refractivity contribution >= 4 is 11.9 Å². The van der Waals surface area contributed by atoms with Crippen LogP contribution in [0.4, 0.5) is 0 Å². The maximum absolute atomic E-state index is 12.9. The number of ether oxygens (including phenoxy) is 11. The van der Waals surface area contributed by atoms with Crippen LogP contribution in [-0.4, -0.2) is 213 Å². The molecule has 0 radical (unpaired) electrons. The number of hydrogen-bond acceptors (Lipinski definition) is 22. The van der Waals surface area contributed by atoms with E-state index in [2.05, 4.69) is 13.8 Å². The summed E-state index contributed by atoms with van der Waals surface area (Å²) in [6, 6.07) is 0. The quantitative estimate of drug-likeness (QED) is 0.0807. The van der Waals surface area contributed by atoms with Crippen LogP contribution in [0.1, 0.15) is 98.8 Å². The minimum atomic E-state index is -1.76. The second-order valence-corrected chi connectivity index (χ2v) is 22.7. The molecule has 0 spiro atoms. The highest BCUT2D eigenvalue weighted by Crippen LogP contribution is 2.70. The zero-order valence-corrected chi connectivity index (χ0v) is 42.0. The van der Waals surface area contributed by atoms with Crippen molar-refractivity contribution < 1.29 is 108 Å². The maximum Gasteiger partial charge on any atom is 0.331 e. The van der Waals surface area contributed by atoms with Crippen molar-refractivity contribution in [2.75, 3.05) is 26.9 Å². The third-order valence-corrected chi connectivity index (χ3v) is 18.6. The second-order valence-electron chi connectivity index (χ2n) is 22.7. The van der Waals surface area contributed by atoms with Crippen LogP contribution in [0.5, 0.6) is 0 Å². The van der Waals surface area contributed by atoms with Crippen LogP contribution in [0.3, 0.4) is 0 Å². The van der Waals surface area contributed by atoms with E-state index < -0.39 is 153 Å². The first kappa shape index (κ1) is 54.7. The van der Waals surface area contributed by atoms with E-state index >= 15 is 0 Å². The van der Waals surface area contributed by atoms with Gasteiger partial charge < -0.3 is 98.1 Å². The molecule has 22 heteroatoms. The van der Waals surface area contributed by atoms with Gasteiger partial charge in [-0.15, -0.1) is 0 Å². The monoisotopic (exact) mass is 1030 g/mol. The predicted molar refractivity (Wildman–Crippen MR) is 242 cm³/mol. The summed E-state index contributed by atoms with van der Waals surface area (Å²) < 4.78 is 65.6. The van der Waals surface area contributed by atoms with Gasteiger partial charge in [0.05, 0.1) is 49.3 Å². The number of fused-ring (bicyclic) bond motifs is 5. The molecule has 8 fully saturated rings. The Morgan fingerprint density at radius 2 is 1.40 bits per heavy atom. The molecular weight excluding hydrogens is 953 g/mol. The highest BCUT2D eigenvalue weighted by atomic mass is 16.8. The number of hydrogen-bond donors (Lipinski definition) is 9. The Morgan fingerprint density at radius 1 is 0.736 bits per heavy atom. The fourth-order valence-corrected chi connectivity index (χ4v) is 14.8. The Labute approximate surface area is 419 Å². The minimum absolute atomic E-state index is 0.000629. The van der Waals surface area contributed by atoms with Gasteiger partial charge in [-0.3, -0.25) is 4.79 Å². The minimum Gasteiger partial charge on any atom is -0.462 e. The first-order valence-electron chi connectivity index (χ1n) is 26.0. The van der Waals surface area contributed by atoms with Crippen LogP contribution in [0.15, 0.2) is 11.6 Å². The molecule has 4 saturated carbocycles. The number of esters is 2. The molecule has 0 unspecified atom stereocenters. The maximum atomic E-state index is 12.9. The van der Waals surface area contributed by atoms with Crippen LogP contribution < -0.4 is 0 Å². The molecule has 5 aliphatic heterocycles. The summed E-state index contributed by atoms with van der Waals surface area (Å²) in [5.74, 6) is -0.530. The lowest BCUT2D eigenvalue weighted by Gasteiger charge is -2.63. The number of cyclic esters (lactones) is 1. The Hall–Kier alpha value is -2.04. The molecule has 22 nitrogen and oxygen atoms in total. The Morgan fingerprint density at radius 3 is 2.06 bits per heavy atom. The van der Waals surface area contributed by atoms with E-state index in [4.69, 9.17) is 52.1 Å². The molecule has 0 aromatic heterocycles. The topological polar surface area (TPSA) is 318 Å². The van der Waals surface area contributed by atoms with Crippen molar-refractivity contribution in [3.63, 3.8) is 0 Å². The van der Waals surface area contributed by atoms with Gasteiger partial charge in [0.2, 0.25) is 0 Å². The predicted octanol–water partition coefficient (Wildman–Crippen LogP) is -0.790. The van der Waals surface area contributed by atoms with Crippen molar-refractivity contribution in [2.24, 2.45) is 34.5 Å². The second kappa shape index (κ2) is 21.4. The average Bonchev–Trinajstić information content (AvgIpc) is 3.85. The molecule has 0 aromatic rings. The smallest absolute Gasteiger partial charge is 0.331 e. The molecule has 27 atom stereocenters. The third-order valence-electron chi connectivity index (χ3n) is 18.6. The van der Waals surface area contributed by atoms with E-state index in [1.54, 1.807) is 6.92 Å². The molecule has 0 amide bonds. The Bertz CT molecular complexity index is 1930. The lowest BCUT2D eigenvalue weighted by Crippen LogP contribution is -2.63. The van der Waals surface area contributed by atoms with Gasteiger partial charge in [-0.25, -0.2) is 4.79 Å². The summed E-state index contributed by atoms with van der Waals surface area (Å²) in [4.78, 5) is 24.5. The molecule has 4 saturated heterocycles. The first-order chi connectivity index (χ1) is 34.1. The summed E-state index contributed by atoms with van der Waals surface area (Å²) in [5.41, 5.74) is -0.947. The van der Waals surface area contributed by atoms with Crippen LogP contribution >= 0.6 is 0 Å². The summed E-state index contributed by atoms with van der Waals surface area (Å²) in [5, 5.41) is 97.0. The van der Waals surface area contributed by atoms with E-state index in [0.29, 0.717) is 12.3 Å². The number of methoxy groups -OCH3 is 1. The molecular formula is C50H78O22. The molecule has 410 valence electrons. The summed E-state index contributed by atoms with van der Waals surface area (Å²) in [6.45, 7) is 8.31. The van der Waals surface area contributed by atoms with Gasteiger partial charge in [0, 0.05) is 50.7 Å². The average molecular weight is 1030 g/mol. The van der Waals surface area contributed by atoms with Crippen molar-refractivity contribution in [3.05, 3.63) is 11.6 Å². The van der Waals surface area contributed by atoms with E-state index in [0.717, 1.165) is 50.5 Å². The SMILES string of the molecule is CO[C@H]1C[C@H](O[C@H]2[C@@H](O)C[C@H](O[C@H]3CC[C@@]4(C)[C@H](CC[C@@H]5[C@@H]4CC[C@]4(C)[C@@H](C6=CC(=O)OC6)[C@@H](OC(C)=O)C[C@]54O)C3)O[C@@H]2C)O[C@H](C)[C@H]1O[C@@H]1O[C@H](CO[C@@H]2O[C@H](CO)[C@@H](O)[C@H](O)[C@H]2O)[C@@H](O)[C@H](O)[C@H]1O. The van der Waals surface area contributed by atoms with Crippen molar-refractivity contribution in [3.8, 4) is 0 Å². The lowest BCUT2D eigenvalue weighted by atomic mass is 9.43. The highest BCUT2D eigenvalue weighted by molar-refractivity contribution is 5.85. The number of carbonyl (C=O) groups excluding carboxylic acids is 2. The summed E-state index contributed by atoms with van der Waals surface area (Å²) >= 11 is 0. The molecule has 9 rings (SSSR count). The molecule has 0 aromatic carbocycles. The van der Waals surface area contributed by atoms with Gasteiger partial charge in [-0.05, 0) is 87.5 Å². The zero-order chi connectivity index (χ0) is 51.8. The van der Waals surface area contributed by atoms with Crippen molar-refractivity contribution in [1.82, 2.24) is 0 Å². The molecule has 0 bridgehead atoms. The van der Waals surface area contributed by atoms with Crippen LogP contribution in [0.2, 0.25) is 0 Å². The lowest BCUT2D eigenvalue weighted by molar-refractivity contribution is -0.359. The van der Waals surface area contributed by atoms with Gasteiger partial charge in [0.1, 0.15) is 73.8 Å². The van der Waals surface area contributed by atoms with Crippen molar-refractivity contribution in [2.45, 2.75) is 227 Å². The van der Waals surface area contributed by atoms with E-state index in [1.807, 2.05) is 6.92 Å². The molecule has 4 aliphatic carbocycles. The summed E-state index contributed by atoms with van der Waals surface area (Å²) in [7, 11) is 1.46. The van der Waals surface area contributed by atoms with Gasteiger partial charge >= 0.3 is 11.9 Å². The zero-order valence-electron chi connectivity index (χ0n) is 42.0. The normalized spacial score (nSPS) is 52.7. The Kier molecular flexibility index (Phi) is 16.3. The van der Waals surface area contributed by atoms with Gasteiger partial charge in [-0.1, -0.05) is 13.8 Å². The standard InChI is InChI=1S/C50H78O22/c1-21-44(71-36-16-30(62-6)45(22(2)66-36)72-47-43(60)41(58)39(56)33(70-47)20-64-46-42(59)40(57)38(55)32(18-51)69-46)29(53)15-35(65-21)68-26-9-11-48(4)25(14-26)7-8-28-27(48)10-12-49(5)37(24-13-34(54)63-19-24)31(67-23(3)52)17-50(28,49)61/h13,21-22,25-33,35-47,51,53,55-61H,7-12,14-20H2,1-6H3/t21-,22-,25-,26+,27+,28-,29+,30+,31+,32-,33-,35+,36+,37+,38-,39-,40+,41+,42-,43-,44-,45-,46-,47+,48+,49-,50+/m1/s1. The molecule has 9 N–H and O–H groups in total. The first-order valence-corrected chi connectivity index (χ1v) is 26.0. The van der Waals surface area contributed by atoms with Gasteiger partial charge in [0.15, 0.2) is 25.2 Å². The number of rotatable bonds is 13. The number of carbonyl (C=O) groups is 2. The highest BCUT2D eigenvalue weighted by Gasteiger charge is 2.71. The van der Waals surface area contributed by atoms with Crippen LogP contribution in [0.25, 0.3) is 0 Å². The van der Waals surface area contributed by atoms with Crippen LogP contribution in [-0.2, 0) is 61.7 Å². The largest absolute Gasteiger partial charge is 0.462 e. The molecule has 72 heavy (non-hydrogen) atoms. The van der Waals surface area contributed by atoms with Crippen molar-refractivity contribution in [1.29, 1.82) is 0 Å². The fraction of sp³-hybridized carbons (Fsp3) is 0.920. The molecule has 5 heterocycles. The number of aliphatic hydroxyl groups is 9. The van der Waals surface area contributed by atoms with E-state index in [9.17, 15) is 55.5 Å². The van der Waals surface area contributed by atoms with E-state index in [1.165, 1.54) is 20.1 Å². The van der Waals surface area contributed by atoms with E-state index in [-0.39, 0.29) is 48.7 Å². The molecule has 9 aliphatic rings. The van der Waals surface area contributed by atoms with Crippen LogP contribution in [0, 0.1) is 34.5 Å². The third kappa shape index (κ3) is 9.95.